The lowest BCUT2D eigenvalue weighted by molar-refractivity contribution is 0.191. The Kier molecular flexibility index (Phi) is 4.73. The Labute approximate surface area is 128 Å². The molecule has 5 nitrogen and oxygen atoms in total. The van der Waals surface area contributed by atoms with Crippen molar-refractivity contribution in [3.8, 4) is 6.07 Å². The van der Waals surface area contributed by atoms with Crippen LogP contribution < -0.4 is 5.32 Å². The highest BCUT2D eigenvalue weighted by Crippen LogP contribution is 2.20. The van der Waals surface area contributed by atoms with Crippen LogP contribution >= 0.6 is 11.6 Å². The summed E-state index contributed by atoms with van der Waals surface area (Å²) >= 11 is 5.81. The fourth-order valence-corrected chi connectivity index (χ4v) is 1.99. The third-order valence-electron chi connectivity index (χ3n) is 3.28. The van der Waals surface area contributed by atoms with Crippen LogP contribution in [0.5, 0.6) is 0 Å². The van der Waals surface area contributed by atoms with Crippen LogP contribution in [0.4, 0.5) is 5.82 Å². The van der Waals surface area contributed by atoms with Gasteiger partial charge in [-0.05, 0) is 37.1 Å². The first-order valence-corrected chi connectivity index (χ1v) is 6.82. The lowest BCUT2D eigenvalue weighted by Gasteiger charge is -2.14. The molecule has 0 unspecified atom stereocenters. The van der Waals surface area contributed by atoms with Crippen molar-refractivity contribution in [1.82, 2.24) is 10.2 Å². The summed E-state index contributed by atoms with van der Waals surface area (Å²) in [6.07, 6.45) is -0.725. The van der Waals surface area contributed by atoms with Crippen LogP contribution in [-0.4, -0.2) is 21.8 Å². The Bertz CT molecular complexity index is 679. The van der Waals surface area contributed by atoms with Gasteiger partial charge in [0.1, 0.15) is 11.6 Å². The van der Waals surface area contributed by atoms with Gasteiger partial charge in [0.05, 0.1) is 11.8 Å². The molecule has 21 heavy (non-hydrogen) atoms. The van der Waals surface area contributed by atoms with Gasteiger partial charge in [0.2, 0.25) is 0 Å². The van der Waals surface area contributed by atoms with Crippen molar-refractivity contribution in [1.29, 1.82) is 5.26 Å². The monoisotopic (exact) mass is 302 g/mol. The minimum atomic E-state index is -0.725. The molecule has 1 aromatic carbocycles. The zero-order valence-corrected chi connectivity index (χ0v) is 12.5. The number of rotatable bonds is 4. The van der Waals surface area contributed by atoms with Crippen molar-refractivity contribution >= 4 is 17.4 Å². The molecule has 0 aliphatic heterocycles. The molecule has 0 bridgehead atoms. The van der Waals surface area contributed by atoms with Crippen LogP contribution in [0.25, 0.3) is 0 Å². The topological polar surface area (TPSA) is 81.8 Å². The molecule has 6 heteroatoms. The number of hydrogen-bond acceptors (Lipinski definition) is 5. The number of aliphatic hydroxyl groups is 1. The summed E-state index contributed by atoms with van der Waals surface area (Å²) in [6.45, 7) is 3.85. The molecular formula is C15H15ClN4O. The van der Waals surface area contributed by atoms with Gasteiger partial charge < -0.3 is 10.4 Å². The van der Waals surface area contributed by atoms with Crippen LogP contribution in [-0.2, 0) is 0 Å². The van der Waals surface area contributed by atoms with E-state index in [0.29, 0.717) is 16.4 Å². The number of nitrogens with zero attached hydrogens (tertiary/aromatic N) is 3. The lowest BCUT2D eigenvalue weighted by atomic mass is 10.1. The van der Waals surface area contributed by atoms with Crippen LogP contribution in [0.2, 0.25) is 5.02 Å². The Morgan fingerprint density at radius 3 is 2.57 bits per heavy atom. The molecule has 0 saturated carbocycles. The molecule has 0 radical (unpaired) electrons. The standard InChI is InChI=1S/C15H15ClN4O/c1-9-10(2)19-20-15(13(9)7-17)18-8-14(21)11-3-5-12(16)6-4-11/h3-6,14,21H,8H2,1-2H3,(H,18,20)/t14-/m1/s1. The molecule has 108 valence electrons. The van der Waals surface area contributed by atoms with Gasteiger partial charge in [-0.3, -0.25) is 0 Å². The zero-order chi connectivity index (χ0) is 15.4. The fraction of sp³-hybridized carbons (Fsp3) is 0.267. The summed E-state index contributed by atoms with van der Waals surface area (Å²) in [5, 5.41) is 30.9. The highest BCUT2D eigenvalue weighted by Gasteiger charge is 2.13. The van der Waals surface area contributed by atoms with Crippen LogP contribution in [0.15, 0.2) is 24.3 Å². The summed E-state index contributed by atoms with van der Waals surface area (Å²) in [6, 6.07) is 9.06. The average molecular weight is 303 g/mol. The smallest absolute Gasteiger partial charge is 0.167 e. The number of aromatic nitrogens is 2. The normalized spacial score (nSPS) is 11.8. The van der Waals surface area contributed by atoms with Gasteiger partial charge in [-0.25, -0.2) is 0 Å². The minimum Gasteiger partial charge on any atom is -0.387 e. The van der Waals surface area contributed by atoms with Crippen molar-refractivity contribution in [3.05, 3.63) is 51.7 Å². The molecular weight excluding hydrogens is 288 g/mol. The highest BCUT2D eigenvalue weighted by molar-refractivity contribution is 6.30. The van der Waals surface area contributed by atoms with Gasteiger partial charge in [0.25, 0.3) is 0 Å². The largest absolute Gasteiger partial charge is 0.387 e. The van der Waals surface area contributed by atoms with Gasteiger partial charge in [0, 0.05) is 11.6 Å². The van der Waals surface area contributed by atoms with E-state index in [2.05, 4.69) is 21.6 Å². The summed E-state index contributed by atoms with van der Waals surface area (Å²) in [4.78, 5) is 0. The zero-order valence-electron chi connectivity index (χ0n) is 11.8. The van der Waals surface area contributed by atoms with E-state index in [1.54, 1.807) is 31.2 Å². The average Bonchev–Trinajstić information content (AvgIpc) is 2.49. The van der Waals surface area contributed by atoms with Crippen molar-refractivity contribution in [2.75, 3.05) is 11.9 Å². The predicted octanol–water partition coefficient (Wildman–Crippen LogP) is 2.76. The second kappa shape index (κ2) is 6.53. The maximum absolute atomic E-state index is 10.1. The number of aryl methyl sites for hydroxylation is 1. The Hall–Kier alpha value is -2.16. The maximum atomic E-state index is 10.1. The summed E-state index contributed by atoms with van der Waals surface area (Å²) in [5.74, 6) is 0.383. The summed E-state index contributed by atoms with van der Waals surface area (Å²) in [5.41, 5.74) is 2.69. The van der Waals surface area contributed by atoms with Gasteiger partial charge in [0.15, 0.2) is 5.82 Å². The van der Waals surface area contributed by atoms with E-state index in [1.165, 1.54) is 0 Å². The maximum Gasteiger partial charge on any atom is 0.167 e. The second-order valence-corrected chi connectivity index (χ2v) is 5.13. The lowest BCUT2D eigenvalue weighted by Crippen LogP contribution is -2.15. The van der Waals surface area contributed by atoms with E-state index in [4.69, 9.17) is 11.6 Å². The van der Waals surface area contributed by atoms with Gasteiger partial charge in [-0.2, -0.15) is 10.4 Å². The number of nitriles is 1. The molecule has 0 aliphatic carbocycles. The van der Waals surface area contributed by atoms with E-state index in [0.717, 1.165) is 16.8 Å². The number of hydrogen-bond donors (Lipinski definition) is 2. The number of halogens is 1. The van der Waals surface area contributed by atoms with Crippen molar-refractivity contribution in [3.63, 3.8) is 0 Å². The first kappa shape index (κ1) is 15.2. The number of anilines is 1. The molecule has 0 saturated heterocycles. The first-order valence-electron chi connectivity index (χ1n) is 6.44. The fourth-order valence-electron chi connectivity index (χ4n) is 1.87. The summed E-state index contributed by atoms with van der Waals surface area (Å²) in [7, 11) is 0. The van der Waals surface area contributed by atoms with Crippen LogP contribution in [0, 0.1) is 25.2 Å². The minimum absolute atomic E-state index is 0.230. The van der Waals surface area contributed by atoms with Crippen molar-refractivity contribution in [2.45, 2.75) is 20.0 Å². The van der Waals surface area contributed by atoms with Crippen LogP contribution in [0.3, 0.4) is 0 Å². The van der Waals surface area contributed by atoms with E-state index in [9.17, 15) is 10.4 Å². The molecule has 1 atom stereocenters. The first-order chi connectivity index (χ1) is 10.0. The molecule has 0 aliphatic rings. The Morgan fingerprint density at radius 2 is 1.95 bits per heavy atom. The van der Waals surface area contributed by atoms with Crippen molar-refractivity contribution < 1.29 is 5.11 Å². The molecule has 2 N–H and O–H groups in total. The molecule has 1 heterocycles. The third-order valence-corrected chi connectivity index (χ3v) is 3.54. The van der Waals surface area contributed by atoms with E-state index in [1.807, 2.05) is 6.92 Å². The number of benzene rings is 1. The van der Waals surface area contributed by atoms with Gasteiger partial charge >= 0.3 is 0 Å². The van der Waals surface area contributed by atoms with Crippen LogP contribution in [0.1, 0.15) is 28.5 Å². The quantitative estimate of drug-likeness (QED) is 0.907. The molecule has 0 fully saturated rings. The van der Waals surface area contributed by atoms with E-state index >= 15 is 0 Å². The number of nitrogens with one attached hydrogen (secondary N) is 1. The second-order valence-electron chi connectivity index (χ2n) is 4.69. The van der Waals surface area contributed by atoms with Gasteiger partial charge in [-0.15, -0.1) is 5.10 Å². The Balaban J connectivity index is 2.12. The summed E-state index contributed by atoms with van der Waals surface area (Å²) < 4.78 is 0. The van der Waals surface area contributed by atoms with Gasteiger partial charge in [-0.1, -0.05) is 23.7 Å². The van der Waals surface area contributed by atoms with E-state index < -0.39 is 6.10 Å². The number of aliphatic hydroxyl groups excluding tert-OH is 1. The predicted molar refractivity (Wildman–Crippen MR) is 81.1 cm³/mol. The molecule has 1 aromatic heterocycles. The SMILES string of the molecule is Cc1nnc(NC[C@@H](O)c2ccc(Cl)cc2)c(C#N)c1C. The van der Waals surface area contributed by atoms with Crippen molar-refractivity contribution in [2.24, 2.45) is 0 Å². The van der Waals surface area contributed by atoms with E-state index in [-0.39, 0.29) is 6.54 Å². The highest BCUT2D eigenvalue weighted by atomic mass is 35.5. The third kappa shape index (κ3) is 3.48. The molecule has 0 amide bonds. The molecule has 2 rings (SSSR count). The molecule has 2 aromatic rings. The Morgan fingerprint density at radius 1 is 1.29 bits per heavy atom. The molecule has 0 spiro atoms.